The van der Waals surface area contributed by atoms with Crippen LogP contribution in [0, 0.1) is 6.92 Å². The molecule has 11 heteroatoms. The van der Waals surface area contributed by atoms with Crippen molar-refractivity contribution in [2.24, 2.45) is 7.05 Å². The Labute approximate surface area is 183 Å². The molecule has 4 N–H and O–H groups in total. The molecule has 1 aliphatic carbocycles. The second kappa shape index (κ2) is 8.99. The number of ether oxygens (including phenoxy) is 1. The first kappa shape index (κ1) is 22.4. The van der Waals surface area contributed by atoms with E-state index >= 15 is 0 Å². The molecule has 0 unspecified atom stereocenters. The lowest BCUT2D eigenvalue weighted by molar-refractivity contribution is -0.202. The highest BCUT2D eigenvalue weighted by Crippen LogP contribution is 2.32. The number of hydrogen-bond donors (Lipinski definition) is 4. The van der Waals surface area contributed by atoms with Crippen molar-refractivity contribution in [2.75, 3.05) is 11.9 Å². The summed E-state index contributed by atoms with van der Waals surface area (Å²) in [5.74, 6) is 1.37. The summed E-state index contributed by atoms with van der Waals surface area (Å²) in [6.45, 7) is 1.43. The highest BCUT2D eigenvalue weighted by molar-refractivity contribution is 5.91. The van der Waals surface area contributed by atoms with Gasteiger partial charge < -0.3 is 25.0 Å². The summed E-state index contributed by atoms with van der Waals surface area (Å²) in [4.78, 5) is 4.47. The fraction of sp³-hybridized carbons (Fsp3) is 0.524. The number of aliphatic hydroxyl groups is 1. The third-order valence-corrected chi connectivity index (χ3v) is 5.73. The first-order valence-corrected chi connectivity index (χ1v) is 10.6. The maximum Gasteiger partial charge on any atom is 0.415 e. The number of aromatic nitrogens is 4. The Hall–Kier alpha value is -2.79. The Balaban J connectivity index is 1.40. The number of benzene rings is 1. The van der Waals surface area contributed by atoms with Gasteiger partial charge in [-0.15, -0.1) is 0 Å². The zero-order chi connectivity index (χ0) is 22.9. The number of nitrogens with zero attached hydrogens (tertiary/aromatic N) is 3. The molecule has 0 bridgehead atoms. The molecule has 8 nitrogen and oxygen atoms in total. The SMILES string of the molecule is Cc1cc(Nc2cc(OC3CCC(NC[C@H](O)C(F)(F)F)CC3)cc3c2ncn3C)n[nH]1. The monoisotopic (exact) mass is 452 g/mol. The molecule has 0 spiro atoms. The van der Waals surface area contributed by atoms with Gasteiger partial charge in [-0.1, -0.05) is 0 Å². The van der Waals surface area contributed by atoms with Gasteiger partial charge in [-0.25, -0.2) is 4.98 Å². The highest BCUT2D eigenvalue weighted by atomic mass is 19.4. The van der Waals surface area contributed by atoms with Crippen LogP contribution in [-0.2, 0) is 7.05 Å². The summed E-state index contributed by atoms with van der Waals surface area (Å²) in [7, 11) is 1.91. The van der Waals surface area contributed by atoms with Gasteiger partial charge in [0.05, 0.1) is 23.6 Å². The molecule has 1 fully saturated rings. The zero-order valence-corrected chi connectivity index (χ0v) is 17.9. The lowest BCUT2D eigenvalue weighted by atomic mass is 9.93. The molecule has 1 aliphatic rings. The van der Waals surface area contributed by atoms with E-state index < -0.39 is 18.8 Å². The standard InChI is InChI=1S/C21H27F3N6O2/c1-12-7-19(29-28-12)27-16-8-15(9-17-20(16)26-11-30(17)2)32-14-5-3-13(4-6-14)25-10-18(31)21(22,23)24/h7-9,11,13-14,18,25,31H,3-6,10H2,1-2H3,(H2,27,28,29)/t13?,14?,18-/m0/s1. The van der Waals surface area contributed by atoms with Crippen LogP contribution in [0.1, 0.15) is 31.4 Å². The minimum absolute atomic E-state index is 0.0354. The predicted octanol–water partition coefficient (Wildman–Crippen LogP) is 3.55. The summed E-state index contributed by atoms with van der Waals surface area (Å²) >= 11 is 0. The van der Waals surface area contributed by atoms with Crippen LogP contribution in [0.3, 0.4) is 0 Å². The maximum atomic E-state index is 12.5. The minimum atomic E-state index is -4.60. The quantitative estimate of drug-likeness (QED) is 0.438. The molecule has 0 amide bonds. The molecule has 4 rings (SSSR count). The number of imidazole rings is 1. The Morgan fingerprint density at radius 2 is 2.00 bits per heavy atom. The Morgan fingerprint density at radius 3 is 2.66 bits per heavy atom. The van der Waals surface area contributed by atoms with Gasteiger partial charge in [0.2, 0.25) is 0 Å². The summed E-state index contributed by atoms with van der Waals surface area (Å²) in [5.41, 5.74) is 3.43. The van der Waals surface area contributed by atoms with Crippen molar-refractivity contribution in [1.82, 2.24) is 25.1 Å². The van der Waals surface area contributed by atoms with Gasteiger partial charge in [-0.05, 0) is 32.6 Å². The molecule has 0 radical (unpaired) electrons. The van der Waals surface area contributed by atoms with E-state index in [1.54, 1.807) is 6.33 Å². The van der Waals surface area contributed by atoms with Gasteiger partial charge >= 0.3 is 6.18 Å². The van der Waals surface area contributed by atoms with Crippen molar-refractivity contribution >= 4 is 22.5 Å². The third-order valence-electron chi connectivity index (χ3n) is 5.73. The lowest BCUT2D eigenvalue weighted by Gasteiger charge is -2.30. The van der Waals surface area contributed by atoms with E-state index in [0.29, 0.717) is 37.3 Å². The number of rotatable bonds is 7. The number of H-pyrrole nitrogens is 1. The van der Waals surface area contributed by atoms with E-state index in [2.05, 4.69) is 25.8 Å². The van der Waals surface area contributed by atoms with Gasteiger partial charge in [0.15, 0.2) is 11.9 Å². The number of anilines is 2. The number of alkyl halides is 3. The summed E-state index contributed by atoms with van der Waals surface area (Å²) in [5, 5.41) is 22.4. The van der Waals surface area contributed by atoms with E-state index in [1.165, 1.54) is 0 Å². The highest BCUT2D eigenvalue weighted by Gasteiger charge is 2.38. The van der Waals surface area contributed by atoms with Gasteiger partial charge in [-0.2, -0.15) is 18.3 Å². The van der Waals surface area contributed by atoms with Crippen LogP contribution >= 0.6 is 0 Å². The molecular weight excluding hydrogens is 425 g/mol. The lowest BCUT2D eigenvalue weighted by Crippen LogP contribution is -2.44. The van der Waals surface area contributed by atoms with Crippen LogP contribution in [0.25, 0.3) is 11.0 Å². The minimum Gasteiger partial charge on any atom is -0.490 e. The number of nitrogens with one attached hydrogen (secondary N) is 3. The fourth-order valence-corrected chi connectivity index (χ4v) is 3.96. The summed E-state index contributed by atoms with van der Waals surface area (Å²) < 4.78 is 45.6. The maximum absolute atomic E-state index is 12.5. The van der Waals surface area contributed by atoms with E-state index in [0.717, 1.165) is 22.4 Å². The average molecular weight is 452 g/mol. The second-order valence-corrected chi connectivity index (χ2v) is 8.31. The number of hydrogen-bond acceptors (Lipinski definition) is 6. The summed E-state index contributed by atoms with van der Waals surface area (Å²) in [6, 6.07) is 5.66. The topological polar surface area (TPSA) is 100 Å². The molecular formula is C21H27F3N6O2. The molecule has 174 valence electrons. The number of aromatic amines is 1. The van der Waals surface area contributed by atoms with Crippen LogP contribution < -0.4 is 15.4 Å². The normalized spacial score (nSPS) is 20.4. The van der Waals surface area contributed by atoms with Crippen LogP contribution in [0.5, 0.6) is 5.75 Å². The van der Waals surface area contributed by atoms with Crippen molar-refractivity contribution in [3.8, 4) is 5.75 Å². The van der Waals surface area contributed by atoms with Crippen LogP contribution in [-0.4, -0.2) is 55.8 Å². The second-order valence-electron chi connectivity index (χ2n) is 8.31. The van der Waals surface area contributed by atoms with Gasteiger partial charge in [0.25, 0.3) is 0 Å². The first-order chi connectivity index (χ1) is 15.2. The Morgan fingerprint density at radius 1 is 1.25 bits per heavy atom. The van der Waals surface area contributed by atoms with Crippen molar-refractivity contribution in [3.05, 3.63) is 30.2 Å². The molecule has 32 heavy (non-hydrogen) atoms. The van der Waals surface area contributed by atoms with Crippen molar-refractivity contribution in [3.63, 3.8) is 0 Å². The predicted molar refractivity (Wildman–Crippen MR) is 114 cm³/mol. The van der Waals surface area contributed by atoms with Crippen molar-refractivity contribution < 1.29 is 23.0 Å². The summed E-state index contributed by atoms with van der Waals surface area (Å²) in [6.07, 6.45) is -2.45. The smallest absolute Gasteiger partial charge is 0.415 e. The third kappa shape index (κ3) is 5.16. The van der Waals surface area contributed by atoms with Gasteiger partial charge in [0, 0.05) is 43.5 Å². The molecule has 1 saturated carbocycles. The molecule has 0 aliphatic heterocycles. The molecule has 2 heterocycles. The number of aliphatic hydroxyl groups excluding tert-OH is 1. The largest absolute Gasteiger partial charge is 0.490 e. The first-order valence-electron chi connectivity index (χ1n) is 10.6. The van der Waals surface area contributed by atoms with Crippen LogP contribution in [0.2, 0.25) is 0 Å². The fourth-order valence-electron chi connectivity index (χ4n) is 3.96. The van der Waals surface area contributed by atoms with E-state index in [-0.39, 0.29) is 12.1 Å². The molecule has 0 saturated heterocycles. The number of fused-ring (bicyclic) bond motifs is 1. The van der Waals surface area contributed by atoms with Gasteiger partial charge in [-0.3, -0.25) is 5.10 Å². The molecule has 1 aromatic carbocycles. The van der Waals surface area contributed by atoms with Crippen LogP contribution in [0.4, 0.5) is 24.7 Å². The van der Waals surface area contributed by atoms with E-state index in [1.807, 2.05) is 36.7 Å². The zero-order valence-electron chi connectivity index (χ0n) is 17.9. The molecule has 3 aromatic rings. The van der Waals surface area contributed by atoms with Gasteiger partial charge in [0.1, 0.15) is 11.3 Å². The number of halogens is 3. The van der Waals surface area contributed by atoms with E-state index in [4.69, 9.17) is 9.84 Å². The van der Waals surface area contributed by atoms with E-state index in [9.17, 15) is 13.2 Å². The Bertz CT molecular complexity index is 1060. The molecule has 2 aromatic heterocycles. The van der Waals surface area contributed by atoms with Crippen molar-refractivity contribution in [2.45, 2.75) is 57.0 Å². The Kier molecular flexibility index (Phi) is 6.29. The average Bonchev–Trinajstić information content (AvgIpc) is 3.32. The van der Waals surface area contributed by atoms with Crippen LogP contribution in [0.15, 0.2) is 24.5 Å². The van der Waals surface area contributed by atoms with Crippen molar-refractivity contribution in [1.29, 1.82) is 0 Å². The molecule has 1 atom stereocenters. The number of aryl methyl sites for hydroxylation is 2.